The van der Waals surface area contributed by atoms with Crippen LogP contribution in [0.5, 0.6) is 0 Å². The van der Waals surface area contributed by atoms with Crippen LogP contribution in [0.4, 0.5) is 0 Å². The van der Waals surface area contributed by atoms with E-state index in [-0.39, 0.29) is 31.8 Å². The van der Waals surface area contributed by atoms with Gasteiger partial charge in [-0.05, 0) is 24.8 Å². The second-order valence-corrected chi connectivity index (χ2v) is 8.54. The first-order valence-corrected chi connectivity index (χ1v) is 11.8. The van der Waals surface area contributed by atoms with E-state index in [4.69, 9.17) is 22.9 Å². The van der Waals surface area contributed by atoms with Gasteiger partial charge in [0.05, 0.1) is 18.9 Å². The molecule has 4 unspecified atom stereocenters. The number of nitrogens with zero attached hydrogens (tertiary/aromatic N) is 1. The molecule has 0 fully saturated rings. The SMILES string of the molecule is NC(=O)CC(NC(=O)C(N)Cc1ccccc1)C(=O)NC(CC(=O)O)C(=O)NC(CCCN=C(N)N)C(=O)O. The van der Waals surface area contributed by atoms with Crippen LogP contribution in [-0.2, 0) is 35.2 Å². The lowest BCUT2D eigenvalue weighted by molar-refractivity contribution is -0.144. The number of carboxylic acid groups (broad SMARTS) is 2. The van der Waals surface area contributed by atoms with Crippen molar-refractivity contribution in [2.24, 2.45) is 27.9 Å². The number of amides is 4. The van der Waals surface area contributed by atoms with Crippen molar-refractivity contribution in [2.75, 3.05) is 6.54 Å². The molecule has 214 valence electrons. The Morgan fingerprint density at radius 3 is 1.85 bits per heavy atom. The van der Waals surface area contributed by atoms with Gasteiger partial charge in [-0.15, -0.1) is 0 Å². The summed E-state index contributed by atoms with van der Waals surface area (Å²) in [7, 11) is 0. The summed E-state index contributed by atoms with van der Waals surface area (Å²) >= 11 is 0. The second-order valence-electron chi connectivity index (χ2n) is 8.54. The molecular formula is C23H34N8O8. The summed E-state index contributed by atoms with van der Waals surface area (Å²) in [5.41, 5.74) is 22.2. The maximum absolute atomic E-state index is 12.9. The molecular weight excluding hydrogens is 516 g/mol. The number of guanidine groups is 1. The number of rotatable bonds is 17. The number of aliphatic carboxylic acids is 2. The molecule has 0 saturated heterocycles. The fourth-order valence-electron chi connectivity index (χ4n) is 3.34. The molecule has 4 amide bonds. The van der Waals surface area contributed by atoms with E-state index < -0.39 is 72.6 Å². The molecule has 0 aliphatic rings. The molecule has 1 aromatic carbocycles. The highest BCUT2D eigenvalue weighted by Gasteiger charge is 2.32. The summed E-state index contributed by atoms with van der Waals surface area (Å²) in [5.74, 6) is -7.10. The zero-order valence-electron chi connectivity index (χ0n) is 21.0. The number of nitrogens with one attached hydrogen (secondary N) is 3. The minimum absolute atomic E-state index is 0.0815. The fraction of sp³-hybridized carbons (Fsp3) is 0.435. The van der Waals surface area contributed by atoms with Crippen LogP contribution >= 0.6 is 0 Å². The van der Waals surface area contributed by atoms with Gasteiger partial charge in [0.1, 0.15) is 18.1 Å². The van der Waals surface area contributed by atoms with E-state index in [2.05, 4.69) is 20.9 Å². The van der Waals surface area contributed by atoms with Crippen LogP contribution in [0, 0.1) is 0 Å². The predicted molar refractivity (Wildman–Crippen MR) is 138 cm³/mol. The van der Waals surface area contributed by atoms with Crippen LogP contribution in [0.3, 0.4) is 0 Å². The molecule has 1 rings (SSSR count). The zero-order chi connectivity index (χ0) is 29.5. The molecule has 0 bridgehead atoms. The number of aliphatic imine (C=N–C) groups is 1. The molecule has 1 aromatic rings. The highest BCUT2D eigenvalue weighted by Crippen LogP contribution is 2.05. The average molecular weight is 551 g/mol. The standard InChI is InChI=1S/C23H34N8O8/c24-13(9-12-5-2-1-3-6-12)19(35)30-15(10-17(25)32)20(36)31-16(11-18(33)34)21(37)29-14(22(38)39)7-4-8-28-23(26)27/h1-3,5-6,13-16H,4,7-11,24H2,(H2,25,32)(H,29,37)(H,30,35)(H,31,36)(H,33,34)(H,38,39)(H4,26,27,28). The Hall–Kier alpha value is -4.73. The van der Waals surface area contributed by atoms with Crippen molar-refractivity contribution in [3.8, 4) is 0 Å². The molecule has 0 aliphatic carbocycles. The van der Waals surface area contributed by atoms with Crippen LogP contribution in [0.2, 0.25) is 0 Å². The van der Waals surface area contributed by atoms with E-state index >= 15 is 0 Å². The van der Waals surface area contributed by atoms with Crippen molar-refractivity contribution in [1.29, 1.82) is 0 Å². The van der Waals surface area contributed by atoms with E-state index in [1.807, 2.05) is 0 Å². The lowest BCUT2D eigenvalue weighted by atomic mass is 10.0. The van der Waals surface area contributed by atoms with E-state index in [9.17, 15) is 39.0 Å². The smallest absolute Gasteiger partial charge is 0.326 e. The number of nitrogens with two attached hydrogens (primary N) is 4. The molecule has 0 aliphatic heterocycles. The van der Waals surface area contributed by atoms with Gasteiger partial charge in [0.15, 0.2) is 5.96 Å². The number of carboxylic acids is 2. The molecule has 0 saturated carbocycles. The first-order valence-electron chi connectivity index (χ1n) is 11.8. The van der Waals surface area contributed by atoms with E-state index in [1.165, 1.54) is 0 Å². The molecule has 0 spiro atoms. The third-order valence-electron chi connectivity index (χ3n) is 5.25. The van der Waals surface area contributed by atoms with Gasteiger partial charge in [-0.2, -0.15) is 0 Å². The summed E-state index contributed by atoms with van der Waals surface area (Å²) in [6.07, 6.45) is -1.43. The lowest BCUT2D eigenvalue weighted by Gasteiger charge is -2.24. The van der Waals surface area contributed by atoms with Gasteiger partial charge in [0, 0.05) is 6.54 Å². The third kappa shape index (κ3) is 12.9. The van der Waals surface area contributed by atoms with Gasteiger partial charge in [-0.25, -0.2) is 4.79 Å². The molecule has 4 atom stereocenters. The largest absolute Gasteiger partial charge is 0.481 e. The Morgan fingerprint density at radius 1 is 0.795 bits per heavy atom. The number of hydrogen-bond donors (Lipinski definition) is 9. The molecule has 0 radical (unpaired) electrons. The minimum atomic E-state index is -1.75. The van der Waals surface area contributed by atoms with Crippen molar-refractivity contribution < 1.29 is 39.0 Å². The Balaban J connectivity index is 2.95. The Labute approximate surface area is 223 Å². The summed E-state index contributed by atoms with van der Waals surface area (Å²) < 4.78 is 0. The number of primary amides is 1. The Kier molecular flexibility index (Phi) is 13.4. The normalized spacial score (nSPS) is 13.6. The highest BCUT2D eigenvalue weighted by atomic mass is 16.4. The van der Waals surface area contributed by atoms with Crippen molar-refractivity contribution in [3.05, 3.63) is 35.9 Å². The number of carbonyl (C=O) groups excluding carboxylic acids is 4. The quantitative estimate of drug-likeness (QED) is 0.0520. The lowest BCUT2D eigenvalue weighted by Crippen LogP contribution is -2.58. The van der Waals surface area contributed by atoms with Crippen molar-refractivity contribution in [3.63, 3.8) is 0 Å². The topological polar surface area (TPSA) is 295 Å². The van der Waals surface area contributed by atoms with Crippen LogP contribution in [0.1, 0.15) is 31.2 Å². The summed E-state index contributed by atoms with van der Waals surface area (Å²) in [6.45, 7) is 0.0815. The van der Waals surface area contributed by atoms with Crippen molar-refractivity contribution in [2.45, 2.75) is 56.3 Å². The Morgan fingerprint density at radius 2 is 1.33 bits per heavy atom. The number of benzene rings is 1. The first kappa shape index (κ1) is 32.3. The molecule has 0 heterocycles. The predicted octanol–water partition coefficient (Wildman–Crippen LogP) is -3.50. The maximum Gasteiger partial charge on any atom is 0.326 e. The second kappa shape index (κ2) is 16.2. The fourth-order valence-corrected chi connectivity index (χ4v) is 3.34. The molecule has 13 N–H and O–H groups in total. The molecule has 16 heteroatoms. The van der Waals surface area contributed by atoms with Crippen LogP contribution in [0.25, 0.3) is 0 Å². The van der Waals surface area contributed by atoms with Crippen molar-refractivity contribution >= 4 is 41.5 Å². The molecule has 39 heavy (non-hydrogen) atoms. The Bertz CT molecular complexity index is 1060. The highest BCUT2D eigenvalue weighted by molar-refractivity contribution is 5.97. The number of hydrogen-bond acceptors (Lipinski definition) is 8. The van der Waals surface area contributed by atoms with E-state index in [0.29, 0.717) is 0 Å². The van der Waals surface area contributed by atoms with Gasteiger partial charge in [-0.1, -0.05) is 30.3 Å². The molecule has 16 nitrogen and oxygen atoms in total. The molecule has 0 aromatic heterocycles. The number of carbonyl (C=O) groups is 6. The average Bonchev–Trinajstić information content (AvgIpc) is 2.84. The van der Waals surface area contributed by atoms with Crippen LogP contribution in [-0.4, -0.2) is 82.5 Å². The summed E-state index contributed by atoms with van der Waals surface area (Å²) in [5, 5.41) is 25.2. The van der Waals surface area contributed by atoms with Gasteiger partial charge in [-0.3, -0.25) is 29.0 Å². The zero-order valence-corrected chi connectivity index (χ0v) is 21.0. The van der Waals surface area contributed by atoms with E-state index in [1.54, 1.807) is 30.3 Å². The van der Waals surface area contributed by atoms with Gasteiger partial charge in [0.2, 0.25) is 23.6 Å². The van der Waals surface area contributed by atoms with Gasteiger partial charge in [0.25, 0.3) is 0 Å². The summed E-state index contributed by atoms with van der Waals surface area (Å²) in [6, 6.07) is 2.85. The minimum Gasteiger partial charge on any atom is -0.481 e. The van der Waals surface area contributed by atoms with Crippen LogP contribution < -0.4 is 38.9 Å². The van der Waals surface area contributed by atoms with E-state index in [0.717, 1.165) is 5.56 Å². The van der Waals surface area contributed by atoms with Crippen molar-refractivity contribution in [1.82, 2.24) is 16.0 Å². The van der Waals surface area contributed by atoms with Crippen LogP contribution in [0.15, 0.2) is 35.3 Å². The van der Waals surface area contributed by atoms with Gasteiger partial charge < -0.3 is 49.1 Å². The summed E-state index contributed by atoms with van der Waals surface area (Å²) in [4.78, 5) is 76.3. The maximum atomic E-state index is 12.9. The monoisotopic (exact) mass is 550 g/mol. The van der Waals surface area contributed by atoms with Gasteiger partial charge >= 0.3 is 11.9 Å². The third-order valence-corrected chi connectivity index (χ3v) is 5.25. The first-order chi connectivity index (χ1) is 18.3.